The lowest BCUT2D eigenvalue weighted by atomic mass is 9.78. The molecule has 0 amide bonds. The molecule has 78 valence electrons. The first-order valence-electron chi connectivity index (χ1n) is 5.13. The molecule has 1 aliphatic rings. The van der Waals surface area contributed by atoms with Gasteiger partial charge < -0.3 is 15.0 Å². The lowest BCUT2D eigenvalue weighted by molar-refractivity contribution is -0.0370. The summed E-state index contributed by atoms with van der Waals surface area (Å²) in [5, 5.41) is 13.0. The molecule has 0 radical (unpaired) electrons. The lowest BCUT2D eigenvalue weighted by Crippen LogP contribution is -2.38. The van der Waals surface area contributed by atoms with Crippen LogP contribution in [-0.2, 0) is 7.05 Å². The van der Waals surface area contributed by atoms with Crippen molar-refractivity contribution in [3.8, 4) is 0 Å². The monoisotopic (exact) mass is 195 g/mol. The summed E-state index contributed by atoms with van der Waals surface area (Å²) in [5.41, 5.74) is -0.391. The minimum Gasteiger partial charge on any atom is -0.390 e. The van der Waals surface area contributed by atoms with E-state index in [0.29, 0.717) is 0 Å². The maximum absolute atomic E-state index is 9.84. The number of imidazole rings is 1. The number of aryl methyl sites for hydroxylation is 1. The molecule has 0 aliphatic heterocycles. The van der Waals surface area contributed by atoms with Crippen molar-refractivity contribution >= 4 is 5.95 Å². The van der Waals surface area contributed by atoms with Crippen molar-refractivity contribution in [1.29, 1.82) is 0 Å². The Morgan fingerprint density at radius 1 is 1.64 bits per heavy atom. The highest BCUT2D eigenvalue weighted by Crippen LogP contribution is 2.34. The van der Waals surface area contributed by atoms with Gasteiger partial charge in [0.15, 0.2) is 0 Å². The van der Waals surface area contributed by atoms with Gasteiger partial charge in [-0.25, -0.2) is 4.98 Å². The van der Waals surface area contributed by atoms with Crippen LogP contribution in [0.4, 0.5) is 5.95 Å². The summed E-state index contributed by atoms with van der Waals surface area (Å²) in [6, 6.07) is 0. The third kappa shape index (κ3) is 1.90. The largest absolute Gasteiger partial charge is 0.390 e. The van der Waals surface area contributed by atoms with Gasteiger partial charge in [0.1, 0.15) is 0 Å². The smallest absolute Gasteiger partial charge is 0.202 e. The molecule has 0 spiro atoms. The average Bonchev–Trinajstić information content (AvgIpc) is 2.49. The summed E-state index contributed by atoms with van der Waals surface area (Å²) in [6.45, 7) is 0.793. The van der Waals surface area contributed by atoms with Crippen LogP contribution in [0.15, 0.2) is 12.4 Å². The van der Waals surface area contributed by atoms with Crippen molar-refractivity contribution in [2.75, 3.05) is 11.9 Å². The van der Waals surface area contributed by atoms with E-state index in [1.807, 2.05) is 17.8 Å². The first kappa shape index (κ1) is 9.52. The molecular formula is C10H17N3O. The fourth-order valence-electron chi connectivity index (χ4n) is 1.78. The van der Waals surface area contributed by atoms with Crippen molar-refractivity contribution in [1.82, 2.24) is 9.55 Å². The Kier molecular flexibility index (Phi) is 2.46. The third-order valence-electron chi connectivity index (χ3n) is 2.98. The SMILES string of the molecule is Cn1ccnc1NCCC1(O)CCC1. The second kappa shape index (κ2) is 3.61. The number of hydrogen-bond acceptors (Lipinski definition) is 3. The molecule has 1 heterocycles. The van der Waals surface area contributed by atoms with Gasteiger partial charge in [0.25, 0.3) is 0 Å². The van der Waals surface area contributed by atoms with Gasteiger partial charge in [0.05, 0.1) is 5.60 Å². The number of aromatic nitrogens is 2. The van der Waals surface area contributed by atoms with Crippen LogP contribution in [0.25, 0.3) is 0 Å². The Hall–Kier alpha value is -1.03. The molecule has 0 aromatic carbocycles. The number of aliphatic hydroxyl groups is 1. The summed E-state index contributed by atoms with van der Waals surface area (Å²) in [6.07, 6.45) is 7.56. The van der Waals surface area contributed by atoms with Gasteiger partial charge in [-0.05, 0) is 25.7 Å². The Bertz CT molecular complexity index is 304. The number of hydrogen-bond donors (Lipinski definition) is 2. The van der Waals surface area contributed by atoms with E-state index in [2.05, 4.69) is 10.3 Å². The van der Waals surface area contributed by atoms with Gasteiger partial charge in [-0.15, -0.1) is 0 Å². The zero-order valence-corrected chi connectivity index (χ0v) is 8.53. The van der Waals surface area contributed by atoms with Gasteiger partial charge in [0.2, 0.25) is 5.95 Å². The van der Waals surface area contributed by atoms with Crippen molar-refractivity contribution in [3.05, 3.63) is 12.4 Å². The Labute approximate surface area is 84.0 Å². The standard InChI is InChI=1S/C10H17N3O/c1-13-8-7-12-9(13)11-6-5-10(14)3-2-4-10/h7-8,14H,2-6H2,1H3,(H,11,12). The maximum Gasteiger partial charge on any atom is 0.202 e. The molecule has 0 atom stereocenters. The van der Waals surface area contributed by atoms with E-state index in [1.165, 1.54) is 6.42 Å². The Balaban J connectivity index is 1.75. The Morgan fingerprint density at radius 3 is 2.93 bits per heavy atom. The first-order valence-corrected chi connectivity index (χ1v) is 5.13. The van der Waals surface area contributed by atoms with Crippen molar-refractivity contribution in [2.45, 2.75) is 31.3 Å². The molecule has 1 aromatic rings. The van der Waals surface area contributed by atoms with Gasteiger partial charge in [-0.1, -0.05) is 0 Å². The quantitative estimate of drug-likeness (QED) is 0.757. The van der Waals surface area contributed by atoms with Crippen LogP contribution in [-0.4, -0.2) is 26.8 Å². The topological polar surface area (TPSA) is 50.1 Å². The summed E-state index contributed by atoms with van der Waals surface area (Å²) >= 11 is 0. The number of rotatable bonds is 4. The minimum atomic E-state index is -0.391. The average molecular weight is 195 g/mol. The molecule has 2 N–H and O–H groups in total. The normalized spacial score (nSPS) is 19.0. The van der Waals surface area contributed by atoms with E-state index in [-0.39, 0.29) is 0 Å². The fourth-order valence-corrected chi connectivity index (χ4v) is 1.78. The van der Waals surface area contributed by atoms with Crippen molar-refractivity contribution < 1.29 is 5.11 Å². The summed E-state index contributed by atoms with van der Waals surface area (Å²) < 4.78 is 1.94. The zero-order valence-electron chi connectivity index (χ0n) is 8.53. The first-order chi connectivity index (χ1) is 6.70. The molecule has 4 heteroatoms. The molecular weight excluding hydrogens is 178 g/mol. The maximum atomic E-state index is 9.84. The molecule has 0 saturated heterocycles. The van der Waals surface area contributed by atoms with Crippen LogP contribution in [0, 0.1) is 0 Å². The highest BCUT2D eigenvalue weighted by Gasteiger charge is 2.33. The lowest BCUT2D eigenvalue weighted by Gasteiger charge is -2.36. The zero-order chi connectivity index (χ0) is 10.0. The number of nitrogens with one attached hydrogen (secondary N) is 1. The van der Waals surface area contributed by atoms with Crippen LogP contribution in [0.5, 0.6) is 0 Å². The predicted molar refractivity (Wildman–Crippen MR) is 55.1 cm³/mol. The van der Waals surface area contributed by atoms with E-state index in [0.717, 1.165) is 31.8 Å². The number of anilines is 1. The molecule has 1 aliphatic carbocycles. The molecule has 14 heavy (non-hydrogen) atoms. The van der Waals surface area contributed by atoms with Crippen LogP contribution in [0.2, 0.25) is 0 Å². The number of nitrogens with zero attached hydrogens (tertiary/aromatic N) is 2. The Morgan fingerprint density at radius 2 is 2.43 bits per heavy atom. The van der Waals surface area contributed by atoms with E-state index in [4.69, 9.17) is 0 Å². The summed E-state index contributed by atoms with van der Waals surface area (Å²) in [7, 11) is 1.95. The minimum absolute atomic E-state index is 0.391. The van der Waals surface area contributed by atoms with Gasteiger partial charge in [-0.2, -0.15) is 0 Å². The highest BCUT2D eigenvalue weighted by molar-refractivity contribution is 5.25. The second-order valence-electron chi connectivity index (χ2n) is 4.12. The fraction of sp³-hybridized carbons (Fsp3) is 0.700. The van der Waals surface area contributed by atoms with Gasteiger partial charge in [-0.3, -0.25) is 0 Å². The van der Waals surface area contributed by atoms with Crippen molar-refractivity contribution in [3.63, 3.8) is 0 Å². The van der Waals surface area contributed by atoms with E-state index < -0.39 is 5.60 Å². The van der Waals surface area contributed by atoms with Crippen molar-refractivity contribution in [2.24, 2.45) is 7.05 Å². The van der Waals surface area contributed by atoms with E-state index in [9.17, 15) is 5.11 Å². The molecule has 4 nitrogen and oxygen atoms in total. The van der Waals surface area contributed by atoms with Crippen LogP contribution >= 0.6 is 0 Å². The highest BCUT2D eigenvalue weighted by atomic mass is 16.3. The van der Waals surface area contributed by atoms with Gasteiger partial charge in [0, 0.05) is 26.0 Å². The molecule has 1 aromatic heterocycles. The molecule has 1 fully saturated rings. The molecule has 2 rings (SSSR count). The third-order valence-corrected chi connectivity index (χ3v) is 2.98. The molecule has 1 saturated carbocycles. The molecule has 0 bridgehead atoms. The summed E-state index contributed by atoms with van der Waals surface area (Å²) in [4.78, 5) is 4.15. The van der Waals surface area contributed by atoms with Crippen LogP contribution in [0.3, 0.4) is 0 Å². The van der Waals surface area contributed by atoms with Crippen LogP contribution < -0.4 is 5.32 Å². The van der Waals surface area contributed by atoms with Gasteiger partial charge >= 0.3 is 0 Å². The summed E-state index contributed by atoms with van der Waals surface area (Å²) in [5.74, 6) is 0.868. The molecule has 0 unspecified atom stereocenters. The van der Waals surface area contributed by atoms with E-state index >= 15 is 0 Å². The predicted octanol–water partition coefficient (Wildman–Crippen LogP) is 1.14. The van der Waals surface area contributed by atoms with Crippen LogP contribution in [0.1, 0.15) is 25.7 Å². The van der Waals surface area contributed by atoms with E-state index in [1.54, 1.807) is 6.20 Å². The second-order valence-corrected chi connectivity index (χ2v) is 4.12.